The summed E-state index contributed by atoms with van der Waals surface area (Å²) in [6, 6.07) is 5.38. The van der Waals surface area contributed by atoms with E-state index in [9.17, 15) is 33.9 Å². The van der Waals surface area contributed by atoms with E-state index in [1.807, 2.05) is 0 Å². The number of nitrogens with zero attached hydrogens (tertiary/aromatic N) is 7. The van der Waals surface area contributed by atoms with Crippen LogP contribution in [0.2, 0.25) is 0 Å². The van der Waals surface area contributed by atoms with E-state index in [0.29, 0.717) is 5.56 Å². The largest absolute Gasteiger partial charge is 0.507 e. The first-order chi connectivity index (χ1) is 31.2. The first-order valence-corrected chi connectivity index (χ1v) is 20.4. The van der Waals surface area contributed by atoms with Crippen molar-refractivity contribution in [3.8, 4) is 23.0 Å². The number of ether oxygens (including phenoxy) is 3. The van der Waals surface area contributed by atoms with Gasteiger partial charge >= 0.3 is 12.1 Å². The van der Waals surface area contributed by atoms with Gasteiger partial charge in [-0.2, -0.15) is 9.97 Å². The second kappa shape index (κ2) is 21.4. The predicted octanol–water partition coefficient (Wildman–Crippen LogP) is 1.52. The molecule has 3 aromatic heterocycles. The summed E-state index contributed by atoms with van der Waals surface area (Å²) in [6.07, 6.45) is 0.765. The van der Waals surface area contributed by atoms with Gasteiger partial charge in [0.15, 0.2) is 22.8 Å². The fraction of sp³-hybridized carbons (Fsp3) is 0.390. The van der Waals surface area contributed by atoms with Crippen LogP contribution in [-0.2, 0) is 30.5 Å². The third-order valence-corrected chi connectivity index (χ3v) is 9.37. The van der Waals surface area contributed by atoms with Gasteiger partial charge in [0.05, 0.1) is 24.4 Å². The van der Waals surface area contributed by atoms with Gasteiger partial charge in [-0.1, -0.05) is 19.9 Å². The zero-order valence-electron chi connectivity index (χ0n) is 37.1. The number of aromatic hydroxyl groups is 1. The van der Waals surface area contributed by atoms with Gasteiger partial charge in [0, 0.05) is 17.8 Å². The van der Waals surface area contributed by atoms with Crippen molar-refractivity contribution < 1.29 is 48.1 Å². The summed E-state index contributed by atoms with van der Waals surface area (Å²) < 4.78 is 15.8. The molecule has 25 heteroatoms. The highest BCUT2D eigenvalue weighted by Gasteiger charge is 2.30. The zero-order chi connectivity index (χ0) is 48.3. The number of esters is 1. The fourth-order valence-corrected chi connectivity index (χ4v) is 6.12. The lowest BCUT2D eigenvalue weighted by Crippen LogP contribution is -2.54. The van der Waals surface area contributed by atoms with Gasteiger partial charge in [-0.3, -0.25) is 19.2 Å². The summed E-state index contributed by atoms with van der Waals surface area (Å²) in [6.45, 7) is 9.97. The summed E-state index contributed by atoms with van der Waals surface area (Å²) in [5.74, 6) is -3.84. The number of nitrogens with one attached hydrogen (secondary N) is 6. The maximum Gasteiger partial charge on any atom is 0.408 e. The summed E-state index contributed by atoms with van der Waals surface area (Å²) in [5.41, 5.74) is 12.0. The number of nitrogens with two attached hydrogens (primary N) is 2. The number of carbonyl (C=O) groups is 6. The van der Waals surface area contributed by atoms with Crippen LogP contribution in [0.15, 0.2) is 42.6 Å². The molecule has 3 heterocycles. The Hall–Kier alpha value is -8.25. The number of rotatable bonds is 18. The van der Waals surface area contributed by atoms with Gasteiger partial charge in [-0.25, -0.2) is 24.7 Å². The second-order valence-electron chi connectivity index (χ2n) is 16.0. The van der Waals surface area contributed by atoms with E-state index in [0.717, 1.165) is 7.11 Å². The maximum atomic E-state index is 13.5. The predicted molar refractivity (Wildman–Crippen MR) is 235 cm³/mol. The number of benzene rings is 2. The molecule has 2 aromatic carbocycles. The van der Waals surface area contributed by atoms with Crippen molar-refractivity contribution in [2.75, 3.05) is 30.4 Å². The molecule has 0 aliphatic rings. The lowest BCUT2D eigenvalue weighted by molar-refractivity contribution is -0.143. The molecule has 0 fully saturated rings. The molecule has 5 rings (SSSR count). The SMILES string of the molecule is COC(=O)[C@H](CCCNC(=O)c1ccc(NC(=O)[C@H](C)NC(=O)[C@@H](NC(=O)OC(C)(C)C)C(C)C)cc1-c1nnn[nH]1)NC(=O)c1ccc(COc2cnc3nc(N)nc(N)c3n2)cc1O. The number of aromatic amines is 1. The minimum absolute atomic E-state index is 0.0212. The third-order valence-electron chi connectivity index (χ3n) is 9.37. The van der Waals surface area contributed by atoms with E-state index in [1.165, 1.54) is 49.5 Å². The molecular formula is C41H51N15O10. The standard InChI is InChI=1S/C41H51N15O10/c1-19(2)29(50-40(63)66-41(4,5)6)37(61)46-20(3)34(58)47-22-11-13-23(25(16-22)32-53-55-56-54-32)35(59)44-14-8-9-26(38(62)64-7)48-36(60)24-12-10-21(15-27(24)57)18-65-28-17-45-33-30(49-28)31(42)51-39(43)52-33/h10-13,15-17,19-20,26,29,57H,8-9,14,18H2,1-7H3,(H,44,59)(H,46,61)(H,47,58)(H,48,60)(H,50,63)(H,53,54,55,56)(H4,42,43,45,51,52)/t20-,26-,29-/m0/s1. The van der Waals surface area contributed by atoms with Crippen molar-refractivity contribution in [2.24, 2.45) is 5.92 Å². The number of anilines is 3. The molecule has 25 nitrogen and oxygen atoms in total. The normalized spacial score (nSPS) is 12.6. The molecule has 0 saturated carbocycles. The zero-order valence-corrected chi connectivity index (χ0v) is 37.1. The van der Waals surface area contributed by atoms with Gasteiger partial charge in [-0.15, -0.1) is 5.10 Å². The van der Waals surface area contributed by atoms with E-state index in [2.05, 4.69) is 67.1 Å². The van der Waals surface area contributed by atoms with E-state index >= 15 is 0 Å². The van der Waals surface area contributed by atoms with Gasteiger partial charge < -0.3 is 57.4 Å². The molecule has 5 amide bonds. The molecule has 5 aromatic rings. The number of phenolic OH excluding ortho intramolecular Hbond substituents is 1. The first-order valence-electron chi connectivity index (χ1n) is 20.4. The lowest BCUT2D eigenvalue weighted by Gasteiger charge is -2.26. The van der Waals surface area contributed by atoms with Crippen molar-refractivity contribution in [1.29, 1.82) is 0 Å². The quantitative estimate of drug-likeness (QED) is 0.0444. The molecular weight excluding hydrogens is 863 g/mol. The van der Waals surface area contributed by atoms with Gasteiger partial charge in [0.25, 0.3) is 11.8 Å². The van der Waals surface area contributed by atoms with E-state index in [-0.39, 0.29) is 88.9 Å². The second-order valence-corrected chi connectivity index (χ2v) is 16.0. The van der Waals surface area contributed by atoms with E-state index in [4.69, 9.17) is 25.7 Å². The van der Waals surface area contributed by atoms with Crippen LogP contribution < -0.4 is 42.8 Å². The molecule has 0 radical (unpaired) electrons. The number of nitrogen functional groups attached to an aromatic ring is 2. The molecule has 3 atom stereocenters. The Labute approximate surface area is 376 Å². The number of carbonyl (C=O) groups excluding carboxylic acids is 6. The van der Waals surface area contributed by atoms with Crippen LogP contribution in [-0.4, -0.2) is 119 Å². The van der Waals surface area contributed by atoms with Crippen molar-refractivity contribution >= 4 is 64.3 Å². The number of methoxy groups -OCH3 is 1. The number of amides is 5. The topological polar surface area (TPSA) is 369 Å². The molecule has 0 spiro atoms. The van der Waals surface area contributed by atoms with Gasteiger partial charge in [-0.05, 0) is 92.8 Å². The van der Waals surface area contributed by atoms with Crippen LogP contribution in [0.4, 0.5) is 22.2 Å². The molecule has 0 saturated heterocycles. The monoisotopic (exact) mass is 913 g/mol. The number of hydrogen-bond donors (Lipinski definition) is 9. The Morgan fingerprint density at radius 3 is 2.30 bits per heavy atom. The number of alkyl carbamates (subject to hydrolysis) is 1. The lowest BCUT2D eigenvalue weighted by atomic mass is 10.0. The molecule has 0 aliphatic heterocycles. The molecule has 11 N–H and O–H groups in total. The minimum atomic E-state index is -1.15. The number of phenols is 1. The maximum absolute atomic E-state index is 13.5. The van der Waals surface area contributed by atoms with Crippen LogP contribution in [0, 0.1) is 5.92 Å². The Morgan fingerprint density at radius 1 is 0.894 bits per heavy atom. The number of H-pyrrole nitrogens is 1. The van der Waals surface area contributed by atoms with Crippen LogP contribution in [0.25, 0.3) is 22.6 Å². The Kier molecular flexibility index (Phi) is 15.8. The summed E-state index contributed by atoms with van der Waals surface area (Å²) in [5, 5.41) is 37.6. The van der Waals surface area contributed by atoms with Crippen molar-refractivity contribution in [3.05, 3.63) is 59.3 Å². The smallest absolute Gasteiger partial charge is 0.408 e. The van der Waals surface area contributed by atoms with Gasteiger partial charge in [0.1, 0.15) is 36.1 Å². The van der Waals surface area contributed by atoms with Gasteiger partial charge in [0.2, 0.25) is 23.6 Å². The van der Waals surface area contributed by atoms with Crippen molar-refractivity contribution in [2.45, 2.75) is 84.7 Å². The fourth-order valence-electron chi connectivity index (χ4n) is 6.12. The number of tetrazole rings is 1. The molecule has 0 bridgehead atoms. The number of aromatic nitrogens is 8. The Morgan fingerprint density at radius 2 is 1.64 bits per heavy atom. The van der Waals surface area contributed by atoms with Crippen LogP contribution in [0.5, 0.6) is 11.6 Å². The number of hydrogen-bond acceptors (Lipinski definition) is 19. The highest BCUT2D eigenvalue weighted by atomic mass is 16.6. The minimum Gasteiger partial charge on any atom is -0.507 e. The van der Waals surface area contributed by atoms with E-state index in [1.54, 1.807) is 34.6 Å². The molecule has 66 heavy (non-hydrogen) atoms. The highest BCUT2D eigenvalue weighted by molar-refractivity contribution is 6.03. The Balaban J connectivity index is 1.15. The van der Waals surface area contributed by atoms with Crippen molar-refractivity contribution in [3.63, 3.8) is 0 Å². The average Bonchev–Trinajstić information content (AvgIpc) is 3.80. The molecule has 0 unspecified atom stereocenters. The van der Waals surface area contributed by atoms with Crippen LogP contribution >= 0.6 is 0 Å². The Bertz CT molecular complexity index is 2580. The molecule has 0 aliphatic carbocycles. The van der Waals surface area contributed by atoms with Crippen molar-refractivity contribution in [1.82, 2.24) is 61.8 Å². The van der Waals surface area contributed by atoms with Crippen LogP contribution in [0.1, 0.15) is 80.7 Å². The average molecular weight is 914 g/mol. The summed E-state index contributed by atoms with van der Waals surface area (Å²) in [7, 11) is 1.16. The van der Waals surface area contributed by atoms with Crippen LogP contribution in [0.3, 0.4) is 0 Å². The van der Waals surface area contributed by atoms with E-state index < -0.39 is 65.2 Å². The third kappa shape index (κ3) is 13.1. The first kappa shape index (κ1) is 48.8. The summed E-state index contributed by atoms with van der Waals surface area (Å²) >= 11 is 0. The summed E-state index contributed by atoms with van der Waals surface area (Å²) in [4.78, 5) is 94.3. The number of fused-ring (bicyclic) bond motifs is 1. The highest BCUT2D eigenvalue weighted by Crippen LogP contribution is 2.25. The molecule has 350 valence electrons.